The summed E-state index contributed by atoms with van der Waals surface area (Å²) in [4.78, 5) is 0. The number of aromatic nitrogens is 2. The molecule has 0 saturated heterocycles. The molecule has 1 aliphatic heterocycles. The maximum absolute atomic E-state index is 8.93. The van der Waals surface area contributed by atoms with Gasteiger partial charge in [0.05, 0.1) is 11.2 Å². The molecule has 4 nitrogen and oxygen atoms in total. The van der Waals surface area contributed by atoms with Crippen LogP contribution >= 0.6 is 0 Å². The minimum Gasteiger partial charge on any atom is -0.307 e. The number of hydrogen-bond donors (Lipinski definition) is 1. The molecule has 0 unspecified atom stereocenters. The van der Waals surface area contributed by atoms with Crippen LogP contribution in [-0.2, 0) is 18.6 Å². The first-order chi connectivity index (χ1) is 6.54. The van der Waals surface area contributed by atoms with Crippen molar-refractivity contribution in [2.75, 3.05) is 0 Å². The minimum absolute atomic E-state index is 0.0504. The third kappa shape index (κ3) is 1.21. The first-order valence-electron chi connectivity index (χ1n) is 4.76. The highest BCUT2D eigenvalue weighted by molar-refractivity contribution is 5.37. The Kier molecular flexibility index (Phi) is 1.86. The van der Waals surface area contributed by atoms with E-state index in [0.29, 0.717) is 5.69 Å². The lowest BCUT2D eigenvalue weighted by atomic mass is 10.1. The van der Waals surface area contributed by atoms with Crippen LogP contribution in [0.2, 0.25) is 0 Å². The number of hydrogen-bond acceptors (Lipinski definition) is 3. The Morgan fingerprint density at radius 1 is 1.43 bits per heavy atom. The summed E-state index contributed by atoms with van der Waals surface area (Å²) in [5.41, 5.74) is 2.75. The minimum atomic E-state index is -0.0504. The first kappa shape index (κ1) is 9.22. The zero-order valence-electron chi connectivity index (χ0n) is 8.76. The molecule has 0 aromatic carbocycles. The van der Waals surface area contributed by atoms with Gasteiger partial charge in [-0.25, -0.2) is 0 Å². The van der Waals surface area contributed by atoms with Crippen LogP contribution in [0.4, 0.5) is 0 Å². The molecule has 0 atom stereocenters. The SMILES string of the molecule is CC(C)(C)n1nc(C#N)c2c1CNC2. The molecule has 0 bridgehead atoms. The molecule has 14 heavy (non-hydrogen) atoms. The van der Waals surface area contributed by atoms with Crippen molar-refractivity contribution in [2.45, 2.75) is 39.4 Å². The Bertz CT molecular complexity index is 403. The lowest BCUT2D eigenvalue weighted by Gasteiger charge is -2.21. The molecule has 1 aliphatic rings. The molecule has 0 fully saturated rings. The number of fused-ring (bicyclic) bond motifs is 1. The van der Waals surface area contributed by atoms with Gasteiger partial charge in [0.2, 0.25) is 0 Å². The van der Waals surface area contributed by atoms with Gasteiger partial charge < -0.3 is 5.32 Å². The highest BCUT2D eigenvalue weighted by Gasteiger charge is 2.27. The molecular formula is C10H14N4. The normalized spacial score (nSPS) is 15.3. The van der Waals surface area contributed by atoms with Gasteiger partial charge in [-0.05, 0) is 20.8 Å². The van der Waals surface area contributed by atoms with Crippen molar-refractivity contribution in [3.63, 3.8) is 0 Å². The summed E-state index contributed by atoms with van der Waals surface area (Å²) in [5.74, 6) is 0. The molecule has 2 heterocycles. The summed E-state index contributed by atoms with van der Waals surface area (Å²) >= 11 is 0. The van der Waals surface area contributed by atoms with E-state index in [4.69, 9.17) is 5.26 Å². The maximum Gasteiger partial charge on any atom is 0.167 e. The summed E-state index contributed by atoms with van der Waals surface area (Å²) in [5, 5.41) is 16.5. The van der Waals surface area contributed by atoms with Gasteiger partial charge in [0, 0.05) is 18.7 Å². The highest BCUT2D eigenvalue weighted by Crippen LogP contribution is 2.24. The topological polar surface area (TPSA) is 53.6 Å². The quantitative estimate of drug-likeness (QED) is 0.666. The Balaban J connectivity index is 2.60. The summed E-state index contributed by atoms with van der Waals surface area (Å²) < 4.78 is 1.96. The van der Waals surface area contributed by atoms with Crippen molar-refractivity contribution in [3.8, 4) is 6.07 Å². The van der Waals surface area contributed by atoms with Crippen LogP contribution in [0.3, 0.4) is 0 Å². The van der Waals surface area contributed by atoms with E-state index in [1.54, 1.807) is 0 Å². The van der Waals surface area contributed by atoms with Crippen molar-refractivity contribution in [3.05, 3.63) is 17.0 Å². The zero-order chi connectivity index (χ0) is 10.3. The van der Waals surface area contributed by atoms with Crippen LogP contribution in [0, 0.1) is 11.3 Å². The second-order valence-electron chi connectivity index (χ2n) is 4.57. The Hall–Kier alpha value is -1.34. The lowest BCUT2D eigenvalue weighted by Crippen LogP contribution is -2.26. The first-order valence-corrected chi connectivity index (χ1v) is 4.76. The second kappa shape index (κ2) is 2.82. The molecule has 2 rings (SSSR count). The number of nitrogens with one attached hydrogen (secondary N) is 1. The lowest BCUT2D eigenvalue weighted by molar-refractivity contribution is 0.342. The average molecular weight is 190 g/mol. The molecule has 0 spiro atoms. The van der Waals surface area contributed by atoms with Crippen molar-refractivity contribution in [1.29, 1.82) is 5.26 Å². The number of rotatable bonds is 0. The van der Waals surface area contributed by atoms with Crippen molar-refractivity contribution in [1.82, 2.24) is 15.1 Å². The standard InChI is InChI=1S/C10H14N4/c1-10(2,3)14-9-6-12-5-7(9)8(4-11)13-14/h12H,5-6H2,1-3H3. The maximum atomic E-state index is 8.93. The second-order valence-corrected chi connectivity index (χ2v) is 4.57. The van der Waals surface area contributed by atoms with Crippen LogP contribution in [0.1, 0.15) is 37.7 Å². The van der Waals surface area contributed by atoms with Gasteiger partial charge in [0.1, 0.15) is 6.07 Å². The Labute approximate surface area is 83.5 Å². The predicted molar refractivity (Wildman–Crippen MR) is 52.5 cm³/mol. The molecule has 0 aliphatic carbocycles. The van der Waals surface area contributed by atoms with E-state index in [-0.39, 0.29) is 5.54 Å². The van der Waals surface area contributed by atoms with Crippen LogP contribution in [-0.4, -0.2) is 9.78 Å². The smallest absolute Gasteiger partial charge is 0.167 e. The summed E-state index contributed by atoms with van der Waals surface area (Å²) in [6.07, 6.45) is 0. The van der Waals surface area contributed by atoms with Crippen molar-refractivity contribution < 1.29 is 0 Å². The van der Waals surface area contributed by atoms with E-state index < -0.39 is 0 Å². The van der Waals surface area contributed by atoms with Crippen LogP contribution in [0.15, 0.2) is 0 Å². The average Bonchev–Trinajstić information content (AvgIpc) is 2.59. The van der Waals surface area contributed by atoms with Gasteiger partial charge in [0.15, 0.2) is 5.69 Å². The fourth-order valence-electron chi connectivity index (χ4n) is 1.80. The largest absolute Gasteiger partial charge is 0.307 e. The van der Waals surface area contributed by atoms with Gasteiger partial charge in [-0.2, -0.15) is 10.4 Å². The van der Waals surface area contributed by atoms with Crippen LogP contribution in [0.5, 0.6) is 0 Å². The summed E-state index contributed by atoms with van der Waals surface area (Å²) in [7, 11) is 0. The Morgan fingerprint density at radius 3 is 2.71 bits per heavy atom. The fourth-order valence-corrected chi connectivity index (χ4v) is 1.80. The molecule has 1 aromatic rings. The van der Waals surface area contributed by atoms with Crippen LogP contribution < -0.4 is 5.32 Å². The molecule has 4 heteroatoms. The monoisotopic (exact) mass is 190 g/mol. The zero-order valence-corrected chi connectivity index (χ0v) is 8.76. The molecule has 0 saturated carbocycles. The van der Waals surface area contributed by atoms with Gasteiger partial charge in [0.25, 0.3) is 0 Å². The van der Waals surface area contributed by atoms with Gasteiger partial charge >= 0.3 is 0 Å². The van der Waals surface area contributed by atoms with E-state index in [0.717, 1.165) is 24.3 Å². The molecule has 0 radical (unpaired) electrons. The fraction of sp³-hybridized carbons (Fsp3) is 0.600. The molecular weight excluding hydrogens is 176 g/mol. The number of nitriles is 1. The van der Waals surface area contributed by atoms with Gasteiger partial charge in [-0.3, -0.25) is 4.68 Å². The predicted octanol–water partition coefficient (Wildman–Crippen LogP) is 1.11. The highest BCUT2D eigenvalue weighted by atomic mass is 15.3. The third-order valence-corrected chi connectivity index (χ3v) is 2.43. The molecule has 1 N–H and O–H groups in total. The van der Waals surface area contributed by atoms with E-state index >= 15 is 0 Å². The third-order valence-electron chi connectivity index (χ3n) is 2.43. The van der Waals surface area contributed by atoms with E-state index in [2.05, 4.69) is 37.3 Å². The Morgan fingerprint density at radius 2 is 2.14 bits per heavy atom. The van der Waals surface area contributed by atoms with E-state index in [9.17, 15) is 0 Å². The molecule has 0 amide bonds. The van der Waals surface area contributed by atoms with Crippen LogP contribution in [0.25, 0.3) is 0 Å². The molecule has 1 aromatic heterocycles. The van der Waals surface area contributed by atoms with E-state index in [1.165, 1.54) is 0 Å². The summed E-state index contributed by atoms with van der Waals surface area (Å²) in [6, 6.07) is 2.15. The van der Waals surface area contributed by atoms with Crippen molar-refractivity contribution >= 4 is 0 Å². The van der Waals surface area contributed by atoms with Gasteiger partial charge in [-0.1, -0.05) is 0 Å². The summed E-state index contributed by atoms with van der Waals surface area (Å²) in [6.45, 7) is 7.88. The number of nitrogens with zero attached hydrogens (tertiary/aromatic N) is 3. The van der Waals surface area contributed by atoms with E-state index in [1.807, 2.05) is 4.68 Å². The van der Waals surface area contributed by atoms with Gasteiger partial charge in [-0.15, -0.1) is 0 Å². The molecule has 74 valence electrons. The van der Waals surface area contributed by atoms with Crippen molar-refractivity contribution in [2.24, 2.45) is 0 Å².